The van der Waals surface area contributed by atoms with E-state index < -0.39 is 0 Å². The number of hydrogen-bond donors (Lipinski definition) is 1. The van der Waals surface area contributed by atoms with Gasteiger partial charge in [0.2, 0.25) is 5.91 Å². The zero-order valence-electron chi connectivity index (χ0n) is 16.2. The number of carbonyl (C=O) groups is 1. The molecule has 1 heterocycles. The van der Waals surface area contributed by atoms with Gasteiger partial charge in [0, 0.05) is 46.2 Å². The summed E-state index contributed by atoms with van der Waals surface area (Å²) in [6.45, 7) is 1.53. The van der Waals surface area contributed by atoms with Gasteiger partial charge in [-0.2, -0.15) is 0 Å². The molecule has 3 rings (SSSR count). The first-order chi connectivity index (χ1) is 13.9. The molecule has 0 unspecified atom stereocenters. The first-order valence-electron chi connectivity index (χ1n) is 8.77. The number of methoxy groups -OCH3 is 2. The Morgan fingerprint density at radius 2 is 1.69 bits per heavy atom. The third-order valence-electron chi connectivity index (χ3n) is 4.18. The van der Waals surface area contributed by atoms with Gasteiger partial charge in [-0.25, -0.2) is 4.98 Å². The minimum absolute atomic E-state index is 0.205. The Labute approximate surface area is 172 Å². The molecule has 0 radical (unpaired) electrons. The molecule has 3 aromatic rings. The van der Waals surface area contributed by atoms with Gasteiger partial charge in [-0.15, -0.1) is 0 Å². The second kappa shape index (κ2) is 8.79. The highest BCUT2D eigenvalue weighted by Crippen LogP contribution is 2.26. The molecule has 150 valence electrons. The van der Waals surface area contributed by atoms with E-state index in [0.29, 0.717) is 39.3 Å². The van der Waals surface area contributed by atoms with Crippen molar-refractivity contribution in [2.45, 2.75) is 13.5 Å². The van der Waals surface area contributed by atoms with Crippen LogP contribution >= 0.6 is 11.6 Å². The van der Waals surface area contributed by atoms with E-state index in [1.165, 1.54) is 24.9 Å². The fourth-order valence-electron chi connectivity index (χ4n) is 2.82. The van der Waals surface area contributed by atoms with Crippen LogP contribution in [0.5, 0.6) is 11.5 Å². The maximum atomic E-state index is 12.7. The summed E-state index contributed by atoms with van der Waals surface area (Å²) >= 11 is 5.95. The second-order valence-corrected chi connectivity index (χ2v) is 6.74. The lowest BCUT2D eigenvalue weighted by molar-refractivity contribution is -0.116. The van der Waals surface area contributed by atoms with Crippen molar-refractivity contribution >= 4 is 23.2 Å². The third kappa shape index (κ3) is 4.94. The number of ether oxygens (including phenoxy) is 2. The van der Waals surface area contributed by atoms with Gasteiger partial charge in [0.15, 0.2) is 0 Å². The normalized spacial score (nSPS) is 10.5. The SMILES string of the molecule is COc1cc(NC(=O)Cn2c(-c3ccc(Cl)cc3)nc(C)cc2=O)cc(OC)c1. The fourth-order valence-corrected chi connectivity index (χ4v) is 2.94. The number of anilines is 1. The molecule has 7 nitrogen and oxygen atoms in total. The summed E-state index contributed by atoms with van der Waals surface area (Å²) in [5.41, 5.74) is 1.42. The predicted octanol–water partition coefficient (Wildman–Crippen LogP) is 3.53. The molecule has 0 aliphatic heterocycles. The van der Waals surface area contributed by atoms with E-state index in [4.69, 9.17) is 21.1 Å². The number of nitrogens with one attached hydrogen (secondary N) is 1. The van der Waals surface area contributed by atoms with Crippen LogP contribution < -0.4 is 20.3 Å². The van der Waals surface area contributed by atoms with Crippen LogP contribution in [-0.2, 0) is 11.3 Å². The first-order valence-corrected chi connectivity index (χ1v) is 9.14. The molecule has 0 aliphatic rings. The zero-order valence-corrected chi connectivity index (χ0v) is 17.0. The van der Waals surface area contributed by atoms with Gasteiger partial charge in [-0.3, -0.25) is 14.2 Å². The smallest absolute Gasteiger partial charge is 0.254 e. The number of carbonyl (C=O) groups excluding carboxylic acids is 1. The van der Waals surface area contributed by atoms with E-state index in [9.17, 15) is 9.59 Å². The predicted molar refractivity (Wildman–Crippen MR) is 112 cm³/mol. The Morgan fingerprint density at radius 1 is 1.07 bits per heavy atom. The minimum Gasteiger partial charge on any atom is -0.497 e. The summed E-state index contributed by atoms with van der Waals surface area (Å²) in [4.78, 5) is 29.7. The highest BCUT2D eigenvalue weighted by molar-refractivity contribution is 6.30. The molecule has 29 heavy (non-hydrogen) atoms. The zero-order chi connectivity index (χ0) is 21.0. The summed E-state index contributed by atoms with van der Waals surface area (Å²) in [6, 6.07) is 13.3. The Hall–Kier alpha value is -3.32. The van der Waals surface area contributed by atoms with E-state index in [0.717, 1.165) is 0 Å². The van der Waals surface area contributed by atoms with Crippen LogP contribution in [0.4, 0.5) is 5.69 Å². The van der Waals surface area contributed by atoms with Crippen molar-refractivity contribution in [3.05, 3.63) is 69.6 Å². The van der Waals surface area contributed by atoms with Gasteiger partial charge in [0.1, 0.15) is 23.9 Å². The van der Waals surface area contributed by atoms with Crippen molar-refractivity contribution in [3.8, 4) is 22.9 Å². The molecule has 0 bridgehead atoms. The molecule has 0 aliphatic carbocycles. The molecule has 0 saturated heterocycles. The summed E-state index contributed by atoms with van der Waals surface area (Å²) in [6.07, 6.45) is 0. The van der Waals surface area contributed by atoms with Crippen molar-refractivity contribution in [2.24, 2.45) is 0 Å². The van der Waals surface area contributed by atoms with Crippen molar-refractivity contribution in [3.63, 3.8) is 0 Å². The number of halogens is 1. The van der Waals surface area contributed by atoms with Crippen LogP contribution in [0.1, 0.15) is 5.69 Å². The molecular weight excluding hydrogens is 394 g/mol. The Bertz CT molecular complexity index is 1070. The highest BCUT2D eigenvalue weighted by atomic mass is 35.5. The fraction of sp³-hybridized carbons (Fsp3) is 0.190. The lowest BCUT2D eigenvalue weighted by Crippen LogP contribution is -2.29. The van der Waals surface area contributed by atoms with Gasteiger partial charge < -0.3 is 14.8 Å². The molecule has 0 spiro atoms. The number of nitrogens with zero attached hydrogens (tertiary/aromatic N) is 2. The Kier molecular flexibility index (Phi) is 6.19. The summed E-state index contributed by atoms with van der Waals surface area (Å²) < 4.78 is 11.7. The molecule has 1 N–H and O–H groups in total. The second-order valence-electron chi connectivity index (χ2n) is 6.30. The number of rotatable bonds is 6. The largest absolute Gasteiger partial charge is 0.497 e. The maximum absolute atomic E-state index is 12.7. The maximum Gasteiger partial charge on any atom is 0.254 e. The molecule has 0 atom stereocenters. The van der Waals surface area contributed by atoms with E-state index in [2.05, 4.69) is 10.3 Å². The summed E-state index contributed by atoms with van der Waals surface area (Å²) in [7, 11) is 3.05. The molecule has 0 saturated carbocycles. The molecule has 1 aromatic heterocycles. The van der Waals surface area contributed by atoms with E-state index in [1.54, 1.807) is 49.4 Å². The molecule has 2 aromatic carbocycles. The first kappa shape index (κ1) is 20.4. The summed E-state index contributed by atoms with van der Waals surface area (Å²) in [5, 5.41) is 3.33. The van der Waals surface area contributed by atoms with Crippen molar-refractivity contribution in [1.82, 2.24) is 9.55 Å². The number of amides is 1. The van der Waals surface area contributed by atoms with Crippen LogP contribution in [-0.4, -0.2) is 29.7 Å². The lowest BCUT2D eigenvalue weighted by Gasteiger charge is -2.14. The van der Waals surface area contributed by atoms with E-state index >= 15 is 0 Å². The third-order valence-corrected chi connectivity index (χ3v) is 4.43. The lowest BCUT2D eigenvalue weighted by atomic mass is 10.2. The monoisotopic (exact) mass is 413 g/mol. The van der Waals surface area contributed by atoms with Gasteiger partial charge in [0.25, 0.3) is 5.56 Å². The minimum atomic E-state index is -0.386. The number of hydrogen-bond acceptors (Lipinski definition) is 5. The average molecular weight is 414 g/mol. The van der Waals surface area contributed by atoms with E-state index in [-0.39, 0.29) is 18.0 Å². The number of aromatic nitrogens is 2. The molecular formula is C21H20ClN3O4. The summed E-state index contributed by atoms with van der Waals surface area (Å²) in [5.74, 6) is 1.08. The van der Waals surface area contributed by atoms with Crippen molar-refractivity contribution in [2.75, 3.05) is 19.5 Å². The number of aryl methyl sites for hydroxylation is 1. The molecule has 0 fully saturated rings. The van der Waals surface area contributed by atoms with E-state index in [1.807, 2.05) is 0 Å². The Balaban J connectivity index is 1.91. The van der Waals surface area contributed by atoms with Gasteiger partial charge >= 0.3 is 0 Å². The standard InChI is InChI=1S/C21H20ClN3O4/c1-13-8-20(27)25(21(23-13)14-4-6-15(22)7-5-14)12-19(26)24-16-9-17(28-2)11-18(10-16)29-3/h4-11H,12H2,1-3H3,(H,24,26). The molecule has 8 heteroatoms. The van der Waals surface area contributed by atoms with Crippen LogP contribution in [0.2, 0.25) is 5.02 Å². The van der Waals surface area contributed by atoms with Gasteiger partial charge in [-0.05, 0) is 31.2 Å². The molecule has 1 amide bonds. The highest BCUT2D eigenvalue weighted by Gasteiger charge is 2.14. The Morgan fingerprint density at radius 3 is 2.28 bits per heavy atom. The van der Waals surface area contributed by atoms with Gasteiger partial charge in [0.05, 0.1) is 14.2 Å². The van der Waals surface area contributed by atoms with Gasteiger partial charge in [-0.1, -0.05) is 11.6 Å². The number of benzene rings is 2. The quantitative estimate of drug-likeness (QED) is 0.668. The topological polar surface area (TPSA) is 82.5 Å². The van der Waals surface area contributed by atoms with Crippen LogP contribution in [0, 0.1) is 6.92 Å². The van der Waals surface area contributed by atoms with Crippen molar-refractivity contribution < 1.29 is 14.3 Å². The average Bonchev–Trinajstić information content (AvgIpc) is 2.70. The van der Waals surface area contributed by atoms with Crippen LogP contribution in [0.25, 0.3) is 11.4 Å². The van der Waals surface area contributed by atoms with Crippen LogP contribution in [0.3, 0.4) is 0 Å². The van der Waals surface area contributed by atoms with Crippen molar-refractivity contribution in [1.29, 1.82) is 0 Å². The van der Waals surface area contributed by atoms with Crippen LogP contribution in [0.15, 0.2) is 53.3 Å².